The van der Waals surface area contributed by atoms with E-state index in [1.165, 1.54) is 22.6 Å². The van der Waals surface area contributed by atoms with Gasteiger partial charge in [-0.05, 0) is 31.4 Å². The van der Waals surface area contributed by atoms with Crippen LogP contribution in [0, 0.1) is 5.92 Å². The minimum absolute atomic E-state index is 0.0384. The number of nitrogens with zero attached hydrogens (tertiary/aromatic N) is 2. The SMILES string of the molecule is Nc1ccc(S(=O)(=O)N2CCC3(O)CCCCC3C2)cn1. The molecule has 0 bridgehead atoms. The molecule has 0 radical (unpaired) electrons. The summed E-state index contributed by atoms with van der Waals surface area (Å²) in [6.07, 6.45) is 5.58. The molecule has 0 aromatic carbocycles. The maximum absolute atomic E-state index is 12.6. The number of aliphatic hydroxyl groups is 1. The Morgan fingerprint density at radius 1 is 1.33 bits per heavy atom. The summed E-state index contributed by atoms with van der Waals surface area (Å²) in [5.74, 6) is 0.339. The fourth-order valence-corrected chi connectivity index (χ4v) is 4.88. The van der Waals surface area contributed by atoms with E-state index in [1.807, 2.05) is 0 Å². The standard InChI is InChI=1S/C14H21N3O3S/c15-13-5-4-12(9-16-13)21(19,20)17-8-7-14(18)6-2-1-3-11(14)10-17/h4-5,9,11,18H,1-3,6-8,10H2,(H2,15,16). The Morgan fingerprint density at radius 3 is 2.86 bits per heavy atom. The lowest BCUT2D eigenvalue weighted by Crippen LogP contribution is -2.54. The molecule has 2 fully saturated rings. The average Bonchev–Trinajstić information content (AvgIpc) is 2.46. The molecule has 1 aromatic heterocycles. The molecule has 116 valence electrons. The molecular formula is C14H21N3O3S. The first-order valence-corrected chi connectivity index (χ1v) is 8.80. The van der Waals surface area contributed by atoms with Crippen LogP contribution in [0.3, 0.4) is 0 Å². The minimum Gasteiger partial charge on any atom is -0.390 e. The monoisotopic (exact) mass is 311 g/mol. The number of hydrogen-bond acceptors (Lipinski definition) is 5. The van der Waals surface area contributed by atoms with Crippen molar-refractivity contribution in [3.05, 3.63) is 18.3 Å². The molecule has 7 heteroatoms. The number of aromatic nitrogens is 1. The van der Waals surface area contributed by atoms with Crippen LogP contribution in [-0.2, 0) is 10.0 Å². The molecule has 3 rings (SSSR count). The Labute approximate surface area is 125 Å². The van der Waals surface area contributed by atoms with Crippen LogP contribution in [0.5, 0.6) is 0 Å². The maximum atomic E-state index is 12.6. The normalized spacial score (nSPS) is 30.8. The molecule has 1 aromatic rings. The van der Waals surface area contributed by atoms with Gasteiger partial charge in [0.1, 0.15) is 10.7 Å². The summed E-state index contributed by atoms with van der Waals surface area (Å²) >= 11 is 0. The predicted octanol–water partition coefficient (Wildman–Crippen LogP) is 0.979. The quantitative estimate of drug-likeness (QED) is 0.848. The van der Waals surface area contributed by atoms with Crippen molar-refractivity contribution >= 4 is 15.8 Å². The first-order valence-electron chi connectivity index (χ1n) is 7.36. The largest absolute Gasteiger partial charge is 0.390 e. The smallest absolute Gasteiger partial charge is 0.244 e. The van der Waals surface area contributed by atoms with E-state index in [0.717, 1.165) is 25.7 Å². The van der Waals surface area contributed by atoms with Gasteiger partial charge in [0, 0.05) is 25.2 Å². The minimum atomic E-state index is -3.55. The summed E-state index contributed by atoms with van der Waals surface area (Å²) in [7, 11) is -3.55. The van der Waals surface area contributed by atoms with Crippen LogP contribution in [0.2, 0.25) is 0 Å². The molecule has 6 nitrogen and oxygen atoms in total. The second-order valence-corrected chi connectivity index (χ2v) is 8.02. The zero-order chi connectivity index (χ0) is 15.1. The molecule has 21 heavy (non-hydrogen) atoms. The highest BCUT2D eigenvalue weighted by molar-refractivity contribution is 7.89. The van der Waals surface area contributed by atoms with Crippen molar-refractivity contribution in [3.63, 3.8) is 0 Å². The van der Waals surface area contributed by atoms with Crippen LogP contribution in [0.1, 0.15) is 32.1 Å². The lowest BCUT2D eigenvalue weighted by molar-refractivity contribution is -0.0816. The molecule has 0 spiro atoms. The first-order chi connectivity index (χ1) is 9.92. The fourth-order valence-electron chi connectivity index (χ4n) is 3.45. The molecule has 2 aliphatic rings. The van der Waals surface area contributed by atoms with Crippen molar-refractivity contribution in [2.24, 2.45) is 5.92 Å². The summed E-state index contributed by atoms with van der Waals surface area (Å²) in [5.41, 5.74) is 4.82. The van der Waals surface area contributed by atoms with Crippen LogP contribution >= 0.6 is 0 Å². The zero-order valence-electron chi connectivity index (χ0n) is 11.9. The van der Waals surface area contributed by atoms with Gasteiger partial charge in [0.25, 0.3) is 0 Å². The highest BCUT2D eigenvalue weighted by atomic mass is 32.2. The molecule has 1 aliphatic carbocycles. The second-order valence-electron chi connectivity index (χ2n) is 6.08. The van der Waals surface area contributed by atoms with Gasteiger partial charge in [-0.25, -0.2) is 13.4 Å². The van der Waals surface area contributed by atoms with Crippen LogP contribution in [0.15, 0.2) is 23.2 Å². The number of anilines is 1. The van der Waals surface area contributed by atoms with E-state index < -0.39 is 15.6 Å². The number of nitrogens with two attached hydrogens (primary N) is 1. The van der Waals surface area contributed by atoms with E-state index in [0.29, 0.717) is 25.3 Å². The van der Waals surface area contributed by atoms with E-state index in [9.17, 15) is 13.5 Å². The van der Waals surface area contributed by atoms with Gasteiger partial charge in [-0.2, -0.15) is 4.31 Å². The van der Waals surface area contributed by atoms with E-state index in [-0.39, 0.29) is 10.8 Å². The van der Waals surface area contributed by atoms with Gasteiger partial charge in [0.2, 0.25) is 10.0 Å². The van der Waals surface area contributed by atoms with E-state index in [1.54, 1.807) is 0 Å². The van der Waals surface area contributed by atoms with Crippen molar-refractivity contribution in [2.75, 3.05) is 18.8 Å². The molecule has 2 heterocycles. The molecule has 2 atom stereocenters. The van der Waals surface area contributed by atoms with Crippen molar-refractivity contribution < 1.29 is 13.5 Å². The third-order valence-electron chi connectivity index (χ3n) is 4.79. The van der Waals surface area contributed by atoms with Crippen LogP contribution in [-0.4, -0.2) is 41.5 Å². The number of pyridine rings is 1. The van der Waals surface area contributed by atoms with Crippen LogP contribution < -0.4 is 5.73 Å². The van der Waals surface area contributed by atoms with Crippen molar-refractivity contribution in [1.82, 2.24) is 9.29 Å². The van der Waals surface area contributed by atoms with Gasteiger partial charge in [0.05, 0.1) is 5.60 Å². The summed E-state index contributed by atoms with van der Waals surface area (Å²) in [4.78, 5) is 4.02. The number of piperidine rings is 1. The van der Waals surface area contributed by atoms with Gasteiger partial charge >= 0.3 is 0 Å². The molecule has 1 saturated heterocycles. The Hall–Kier alpha value is -1.18. The lowest BCUT2D eigenvalue weighted by Gasteiger charge is -2.46. The van der Waals surface area contributed by atoms with Gasteiger partial charge in [-0.3, -0.25) is 0 Å². The summed E-state index contributed by atoms with van der Waals surface area (Å²) in [6, 6.07) is 2.98. The third-order valence-corrected chi connectivity index (χ3v) is 6.64. The summed E-state index contributed by atoms with van der Waals surface area (Å²) in [5, 5.41) is 10.6. The topological polar surface area (TPSA) is 96.5 Å². The Balaban J connectivity index is 1.82. The van der Waals surface area contributed by atoms with E-state index >= 15 is 0 Å². The van der Waals surface area contributed by atoms with Gasteiger partial charge in [-0.1, -0.05) is 12.8 Å². The Bertz CT molecular complexity index is 617. The molecule has 0 amide bonds. The Morgan fingerprint density at radius 2 is 2.14 bits per heavy atom. The van der Waals surface area contributed by atoms with E-state index in [4.69, 9.17) is 5.73 Å². The fraction of sp³-hybridized carbons (Fsp3) is 0.643. The number of fused-ring (bicyclic) bond motifs is 1. The summed E-state index contributed by atoms with van der Waals surface area (Å²) < 4.78 is 26.8. The molecular weight excluding hydrogens is 290 g/mol. The molecule has 1 aliphatic heterocycles. The highest BCUT2D eigenvalue weighted by Crippen LogP contribution is 2.40. The average molecular weight is 311 g/mol. The van der Waals surface area contributed by atoms with Crippen LogP contribution in [0.4, 0.5) is 5.82 Å². The number of rotatable bonds is 2. The number of hydrogen-bond donors (Lipinski definition) is 2. The van der Waals surface area contributed by atoms with E-state index in [2.05, 4.69) is 4.98 Å². The maximum Gasteiger partial charge on any atom is 0.244 e. The number of sulfonamides is 1. The molecule has 2 unspecified atom stereocenters. The lowest BCUT2D eigenvalue weighted by atomic mass is 9.72. The second kappa shape index (κ2) is 5.23. The Kier molecular flexibility index (Phi) is 3.67. The van der Waals surface area contributed by atoms with Gasteiger partial charge < -0.3 is 10.8 Å². The summed E-state index contributed by atoms with van der Waals surface area (Å²) in [6.45, 7) is 0.753. The van der Waals surface area contributed by atoms with Crippen molar-refractivity contribution in [2.45, 2.75) is 42.6 Å². The van der Waals surface area contributed by atoms with Crippen LogP contribution in [0.25, 0.3) is 0 Å². The third kappa shape index (κ3) is 2.65. The van der Waals surface area contributed by atoms with Crippen molar-refractivity contribution in [3.8, 4) is 0 Å². The highest BCUT2D eigenvalue weighted by Gasteiger charge is 2.45. The number of nitrogen functional groups attached to an aromatic ring is 1. The van der Waals surface area contributed by atoms with Gasteiger partial charge in [0.15, 0.2) is 0 Å². The van der Waals surface area contributed by atoms with Gasteiger partial charge in [-0.15, -0.1) is 0 Å². The first kappa shape index (κ1) is 14.7. The molecule has 1 saturated carbocycles. The molecule has 3 N–H and O–H groups in total. The predicted molar refractivity (Wildman–Crippen MR) is 78.9 cm³/mol. The zero-order valence-corrected chi connectivity index (χ0v) is 12.7. The van der Waals surface area contributed by atoms with Crippen molar-refractivity contribution in [1.29, 1.82) is 0 Å².